The SMILES string of the molecule is CCOC(=O)C(NC(C)=O)c1ccccc1. The van der Waals surface area contributed by atoms with E-state index in [-0.39, 0.29) is 5.91 Å². The first-order valence-corrected chi connectivity index (χ1v) is 5.13. The third-order valence-electron chi connectivity index (χ3n) is 2.00. The molecule has 0 saturated heterocycles. The molecular weight excluding hydrogens is 206 g/mol. The first kappa shape index (κ1) is 12.2. The Bertz CT molecular complexity index is 362. The number of ether oxygens (including phenoxy) is 1. The Morgan fingerprint density at radius 1 is 1.31 bits per heavy atom. The fourth-order valence-electron chi connectivity index (χ4n) is 1.35. The molecule has 0 aliphatic carbocycles. The van der Waals surface area contributed by atoms with Gasteiger partial charge in [0, 0.05) is 6.92 Å². The Balaban J connectivity index is 2.87. The van der Waals surface area contributed by atoms with Crippen LogP contribution in [0.3, 0.4) is 0 Å². The molecule has 1 amide bonds. The first-order valence-electron chi connectivity index (χ1n) is 5.13. The molecule has 4 heteroatoms. The molecule has 0 radical (unpaired) electrons. The van der Waals surface area contributed by atoms with Gasteiger partial charge in [0.2, 0.25) is 5.91 Å². The maximum Gasteiger partial charge on any atom is 0.333 e. The van der Waals surface area contributed by atoms with Crippen molar-refractivity contribution < 1.29 is 14.3 Å². The van der Waals surface area contributed by atoms with Crippen molar-refractivity contribution in [3.05, 3.63) is 35.9 Å². The van der Waals surface area contributed by atoms with Crippen LogP contribution in [-0.4, -0.2) is 18.5 Å². The summed E-state index contributed by atoms with van der Waals surface area (Å²) in [6.45, 7) is 3.39. The predicted octanol–water partition coefficient (Wildman–Crippen LogP) is 1.43. The number of nitrogens with one attached hydrogen (secondary N) is 1. The molecule has 4 nitrogen and oxygen atoms in total. The zero-order valence-electron chi connectivity index (χ0n) is 9.40. The van der Waals surface area contributed by atoms with Gasteiger partial charge in [-0.25, -0.2) is 4.79 Å². The standard InChI is InChI=1S/C12H15NO3/c1-3-16-12(15)11(13-9(2)14)10-7-5-4-6-8-10/h4-8,11H,3H2,1-2H3,(H,13,14). The summed E-state index contributed by atoms with van der Waals surface area (Å²) < 4.78 is 4.91. The van der Waals surface area contributed by atoms with E-state index in [2.05, 4.69) is 5.32 Å². The van der Waals surface area contributed by atoms with Crippen LogP contribution in [-0.2, 0) is 14.3 Å². The third-order valence-corrected chi connectivity index (χ3v) is 2.00. The van der Waals surface area contributed by atoms with Crippen molar-refractivity contribution >= 4 is 11.9 Å². The van der Waals surface area contributed by atoms with Crippen molar-refractivity contribution in [2.45, 2.75) is 19.9 Å². The van der Waals surface area contributed by atoms with Gasteiger partial charge < -0.3 is 10.1 Å². The fourth-order valence-corrected chi connectivity index (χ4v) is 1.35. The number of carbonyl (C=O) groups is 2. The molecule has 0 saturated carbocycles. The molecule has 0 fully saturated rings. The highest BCUT2D eigenvalue weighted by molar-refractivity contribution is 5.84. The van der Waals surface area contributed by atoms with Crippen LogP contribution < -0.4 is 5.32 Å². The molecule has 0 heterocycles. The maximum absolute atomic E-state index is 11.6. The molecule has 0 aliphatic heterocycles. The van der Waals surface area contributed by atoms with Crippen LogP contribution in [0.5, 0.6) is 0 Å². The van der Waals surface area contributed by atoms with Gasteiger partial charge in [-0.3, -0.25) is 4.79 Å². The van der Waals surface area contributed by atoms with Crippen molar-refractivity contribution in [2.75, 3.05) is 6.61 Å². The normalized spacial score (nSPS) is 11.6. The van der Waals surface area contributed by atoms with Gasteiger partial charge in [-0.05, 0) is 12.5 Å². The van der Waals surface area contributed by atoms with E-state index in [0.717, 1.165) is 5.56 Å². The first-order chi connectivity index (χ1) is 7.65. The molecule has 86 valence electrons. The molecule has 0 aliphatic rings. The summed E-state index contributed by atoms with van der Waals surface area (Å²) in [5.41, 5.74) is 0.719. The van der Waals surface area contributed by atoms with Gasteiger partial charge in [0.15, 0.2) is 6.04 Å². The zero-order chi connectivity index (χ0) is 12.0. The molecule has 1 atom stereocenters. The maximum atomic E-state index is 11.6. The van der Waals surface area contributed by atoms with Crippen molar-refractivity contribution in [1.82, 2.24) is 5.32 Å². The summed E-state index contributed by atoms with van der Waals surface area (Å²) in [5, 5.41) is 2.57. The molecule has 1 N–H and O–H groups in total. The van der Waals surface area contributed by atoms with Gasteiger partial charge in [-0.2, -0.15) is 0 Å². The number of carbonyl (C=O) groups excluding carboxylic acids is 2. The summed E-state index contributed by atoms with van der Waals surface area (Å²) in [5.74, 6) is -0.703. The van der Waals surface area contributed by atoms with Crippen molar-refractivity contribution in [1.29, 1.82) is 0 Å². The van der Waals surface area contributed by atoms with Crippen LogP contribution in [0.25, 0.3) is 0 Å². The van der Waals surface area contributed by atoms with Crippen molar-refractivity contribution in [3.63, 3.8) is 0 Å². The van der Waals surface area contributed by atoms with Gasteiger partial charge >= 0.3 is 5.97 Å². The van der Waals surface area contributed by atoms with E-state index in [1.165, 1.54) is 6.92 Å². The number of amides is 1. The van der Waals surface area contributed by atoms with E-state index < -0.39 is 12.0 Å². The van der Waals surface area contributed by atoms with Crippen LogP contribution in [0.4, 0.5) is 0 Å². The smallest absolute Gasteiger partial charge is 0.333 e. The van der Waals surface area contributed by atoms with E-state index >= 15 is 0 Å². The molecule has 0 aromatic heterocycles. The average Bonchev–Trinajstić information content (AvgIpc) is 2.27. The van der Waals surface area contributed by atoms with Crippen LogP contribution in [0, 0.1) is 0 Å². The molecule has 1 aromatic rings. The molecular formula is C12H15NO3. The second kappa shape index (κ2) is 5.90. The highest BCUT2D eigenvalue weighted by Crippen LogP contribution is 2.14. The van der Waals surface area contributed by atoms with Crippen LogP contribution in [0.15, 0.2) is 30.3 Å². The number of esters is 1. The van der Waals surface area contributed by atoms with E-state index in [9.17, 15) is 9.59 Å². The Morgan fingerprint density at radius 3 is 2.44 bits per heavy atom. The lowest BCUT2D eigenvalue weighted by Crippen LogP contribution is -2.33. The number of hydrogen-bond donors (Lipinski definition) is 1. The van der Waals surface area contributed by atoms with Gasteiger partial charge in [0.25, 0.3) is 0 Å². The minimum absolute atomic E-state index is 0.262. The second-order valence-electron chi connectivity index (χ2n) is 3.30. The summed E-state index contributed by atoms with van der Waals surface area (Å²) in [6, 6.07) is 8.29. The number of benzene rings is 1. The Kier molecular flexibility index (Phi) is 4.51. The highest BCUT2D eigenvalue weighted by atomic mass is 16.5. The minimum atomic E-state index is -0.723. The van der Waals surface area contributed by atoms with Gasteiger partial charge in [0.1, 0.15) is 0 Å². The Labute approximate surface area is 94.6 Å². The number of hydrogen-bond acceptors (Lipinski definition) is 3. The summed E-state index contributed by atoms with van der Waals surface area (Å²) in [4.78, 5) is 22.7. The molecule has 1 unspecified atom stereocenters. The third kappa shape index (κ3) is 3.38. The molecule has 16 heavy (non-hydrogen) atoms. The van der Waals surface area contributed by atoms with Crippen molar-refractivity contribution in [3.8, 4) is 0 Å². The van der Waals surface area contributed by atoms with E-state index in [0.29, 0.717) is 6.61 Å². The Hall–Kier alpha value is -1.84. The van der Waals surface area contributed by atoms with Crippen LogP contribution >= 0.6 is 0 Å². The molecule has 1 rings (SSSR count). The van der Waals surface area contributed by atoms with Gasteiger partial charge in [0.05, 0.1) is 6.61 Å². The number of rotatable bonds is 4. The Morgan fingerprint density at radius 2 is 1.94 bits per heavy atom. The quantitative estimate of drug-likeness (QED) is 0.782. The molecule has 0 spiro atoms. The minimum Gasteiger partial charge on any atom is -0.464 e. The largest absolute Gasteiger partial charge is 0.464 e. The van der Waals surface area contributed by atoms with Gasteiger partial charge in [-0.1, -0.05) is 30.3 Å². The highest BCUT2D eigenvalue weighted by Gasteiger charge is 2.22. The predicted molar refractivity (Wildman–Crippen MR) is 59.6 cm³/mol. The summed E-state index contributed by atoms with van der Waals surface area (Å²) in [7, 11) is 0. The van der Waals surface area contributed by atoms with Gasteiger partial charge in [-0.15, -0.1) is 0 Å². The topological polar surface area (TPSA) is 55.4 Å². The zero-order valence-corrected chi connectivity index (χ0v) is 9.40. The van der Waals surface area contributed by atoms with Crippen LogP contribution in [0.2, 0.25) is 0 Å². The summed E-state index contributed by atoms with van der Waals surface area (Å²) >= 11 is 0. The fraction of sp³-hybridized carbons (Fsp3) is 0.333. The monoisotopic (exact) mass is 221 g/mol. The lowest BCUT2D eigenvalue weighted by Gasteiger charge is -2.16. The molecule has 1 aromatic carbocycles. The van der Waals surface area contributed by atoms with Crippen molar-refractivity contribution in [2.24, 2.45) is 0 Å². The van der Waals surface area contributed by atoms with E-state index in [1.54, 1.807) is 19.1 Å². The lowest BCUT2D eigenvalue weighted by atomic mass is 10.1. The summed E-state index contributed by atoms with van der Waals surface area (Å²) in [6.07, 6.45) is 0. The van der Waals surface area contributed by atoms with E-state index in [4.69, 9.17) is 4.74 Å². The van der Waals surface area contributed by atoms with Crippen LogP contribution in [0.1, 0.15) is 25.5 Å². The molecule has 0 bridgehead atoms. The van der Waals surface area contributed by atoms with E-state index in [1.807, 2.05) is 18.2 Å². The second-order valence-corrected chi connectivity index (χ2v) is 3.30. The average molecular weight is 221 g/mol. The lowest BCUT2D eigenvalue weighted by molar-refractivity contribution is -0.147.